The van der Waals surface area contributed by atoms with Gasteiger partial charge in [-0.3, -0.25) is 0 Å². The van der Waals surface area contributed by atoms with Crippen molar-refractivity contribution in [1.29, 1.82) is 0 Å². The molecule has 9 nitrogen and oxygen atoms in total. The topological polar surface area (TPSA) is 114 Å². The molecule has 0 aliphatic heterocycles. The van der Waals surface area contributed by atoms with E-state index in [9.17, 15) is 34.8 Å². The Hall–Kier alpha value is -3.63. The van der Waals surface area contributed by atoms with E-state index in [1.165, 1.54) is 0 Å². The highest BCUT2D eigenvalue weighted by atomic mass is 32.2. The Morgan fingerprint density at radius 3 is 2.28 bits per heavy atom. The minimum absolute atomic E-state index is 0.0437. The first-order chi connectivity index (χ1) is 18.6. The summed E-state index contributed by atoms with van der Waals surface area (Å²) in [6, 6.07) is 6.76. The second-order valence-electron chi connectivity index (χ2n) is 7.76. The van der Waals surface area contributed by atoms with Gasteiger partial charge in [0.25, 0.3) is 0 Å². The van der Waals surface area contributed by atoms with Crippen molar-refractivity contribution in [3.8, 4) is 5.75 Å². The summed E-state index contributed by atoms with van der Waals surface area (Å²) in [5.41, 5.74) is -0.900. The molecule has 0 fully saturated rings. The van der Waals surface area contributed by atoms with Gasteiger partial charge in [0.1, 0.15) is 23.9 Å². The van der Waals surface area contributed by atoms with Crippen LogP contribution in [0.15, 0.2) is 35.4 Å². The molecule has 0 saturated heterocycles. The first-order valence-corrected chi connectivity index (χ1v) is 12.7. The van der Waals surface area contributed by atoms with Crippen molar-refractivity contribution in [2.75, 3.05) is 44.0 Å². The molecule has 0 aliphatic carbocycles. The molecule has 0 radical (unpaired) electrons. The van der Waals surface area contributed by atoms with Crippen LogP contribution in [-0.2, 0) is 21.4 Å². The predicted octanol–water partition coefficient (Wildman–Crippen LogP) is 4.19. The summed E-state index contributed by atoms with van der Waals surface area (Å²) < 4.78 is 119. The van der Waals surface area contributed by atoms with Crippen LogP contribution in [0.5, 0.6) is 5.75 Å². The number of halogens is 6. The number of methoxy groups -OCH3 is 1. The van der Waals surface area contributed by atoms with E-state index in [2.05, 4.69) is 20.6 Å². The Balaban J connectivity index is 1.57. The third-order valence-corrected chi connectivity index (χ3v) is 6.61. The minimum atomic E-state index is -4.96. The average molecular weight is 580 g/mol. The maximum atomic E-state index is 14.1. The Morgan fingerprint density at radius 2 is 1.62 bits per heavy atom. The van der Waals surface area contributed by atoms with Crippen molar-refractivity contribution in [3.05, 3.63) is 65.1 Å². The lowest BCUT2D eigenvalue weighted by atomic mass is 10.2. The number of aromatic nitrogens is 2. The molecule has 2 aromatic carbocycles. The van der Waals surface area contributed by atoms with Crippen molar-refractivity contribution in [3.63, 3.8) is 0 Å². The van der Waals surface area contributed by atoms with E-state index < -0.39 is 62.8 Å². The van der Waals surface area contributed by atoms with Crippen LogP contribution in [0.25, 0.3) is 0 Å². The van der Waals surface area contributed by atoms with Crippen molar-refractivity contribution < 1.29 is 44.2 Å². The zero-order chi connectivity index (χ0) is 28.6. The number of hydrogen-bond donors (Lipinski definition) is 3. The molecule has 0 amide bonds. The Kier molecular flexibility index (Phi) is 10.3. The standard InChI is InChI=1S/C23H23F6N5O4S/c1-37-9-10-38-14-5-3-13(4-6-14)33-23-31-12-16(25)22(34-23)30-7-2-8-32-39(35,36)21-15(11-24)17(26)18(27)19(28)20(21)29/h3-6,12,32H,2,7-11H2,1H3,(H2,30,31,33,34). The monoisotopic (exact) mass is 579 g/mol. The van der Waals surface area contributed by atoms with Crippen LogP contribution >= 0.6 is 0 Å². The lowest BCUT2D eigenvalue weighted by Gasteiger charge is -2.13. The summed E-state index contributed by atoms with van der Waals surface area (Å²) in [5, 5.41) is 5.51. The van der Waals surface area contributed by atoms with Crippen LogP contribution in [0, 0.1) is 29.1 Å². The molecule has 1 aromatic heterocycles. The molecule has 0 atom stereocenters. The number of benzene rings is 2. The summed E-state index contributed by atoms with van der Waals surface area (Å²) in [5.74, 6) is -9.49. The van der Waals surface area contributed by atoms with Gasteiger partial charge in [-0.05, 0) is 30.7 Å². The highest BCUT2D eigenvalue weighted by Crippen LogP contribution is 2.28. The lowest BCUT2D eigenvalue weighted by Crippen LogP contribution is -2.29. The number of nitrogens with one attached hydrogen (secondary N) is 3. The van der Waals surface area contributed by atoms with Crippen LogP contribution in [0.2, 0.25) is 0 Å². The summed E-state index contributed by atoms with van der Waals surface area (Å²) >= 11 is 0. The zero-order valence-corrected chi connectivity index (χ0v) is 21.1. The Labute approximate surface area is 219 Å². The molecule has 1 heterocycles. The molecule has 0 aliphatic rings. The van der Waals surface area contributed by atoms with E-state index in [-0.39, 0.29) is 24.7 Å². The van der Waals surface area contributed by atoms with Gasteiger partial charge in [-0.1, -0.05) is 0 Å². The van der Waals surface area contributed by atoms with Gasteiger partial charge in [0.05, 0.1) is 12.8 Å². The van der Waals surface area contributed by atoms with E-state index >= 15 is 0 Å². The SMILES string of the molecule is COCCOc1ccc(Nc2ncc(F)c(NCCCNS(=O)(=O)c3c(F)c(F)c(F)c(F)c3CF)n2)cc1. The third-order valence-electron chi connectivity index (χ3n) is 5.07. The van der Waals surface area contributed by atoms with Gasteiger partial charge in [0.2, 0.25) is 16.0 Å². The predicted molar refractivity (Wildman–Crippen MR) is 128 cm³/mol. The van der Waals surface area contributed by atoms with Gasteiger partial charge >= 0.3 is 0 Å². The van der Waals surface area contributed by atoms with Gasteiger partial charge in [-0.2, -0.15) is 4.98 Å². The summed E-state index contributed by atoms with van der Waals surface area (Å²) in [4.78, 5) is 6.18. The smallest absolute Gasteiger partial charge is 0.244 e. The molecule has 3 N–H and O–H groups in total. The van der Waals surface area contributed by atoms with E-state index in [1.54, 1.807) is 31.4 Å². The second kappa shape index (κ2) is 13.4. The van der Waals surface area contributed by atoms with Gasteiger partial charge in [0.15, 0.2) is 34.9 Å². The fraction of sp³-hybridized carbons (Fsp3) is 0.304. The molecular formula is C23H23F6N5O4S. The van der Waals surface area contributed by atoms with E-state index in [1.807, 2.05) is 4.72 Å². The fourth-order valence-corrected chi connectivity index (χ4v) is 4.54. The van der Waals surface area contributed by atoms with Crippen LogP contribution in [0.3, 0.4) is 0 Å². The minimum Gasteiger partial charge on any atom is -0.491 e. The van der Waals surface area contributed by atoms with Gasteiger partial charge in [0, 0.05) is 31.5 Å². The quantitative estimate of drug-likeness (QED) is 0.113. The number of rotatable bonds is 14. The normalized spacial score (nSPS) is 11.5. The molecule has 16 heteroatoms. The maximum absolute atomic E-state index is 14.1. The van der Waals surface area contributed by atoms with Crippen molar-refractivity contribution in [2.24, 2.45) is 0 Å². The Bertz CT molecular complexity index is 1400. The highest BCUT2D eigenvalue weighted by Gasteiger charge is 2.32. The number of sulfonamides is 1. The van der Waals surface area contributed by atoms with Crippen LogP contribution in [0.4, 0.5) is 43.8 Å². The average Bonchev–Trinajstić information content (AvgIpc) is 2.91. The Morgan fingerprint density at radius 1 is 0.923 bits per heavy atom. The van der Waals surface area contributed by atoms with E-state index in [0.717, 1.165) is 6.20 Å². The summed E-state index contributed by atoms with van der Waals surface area (Å²) in [7, 11) is -3.41. The fourth-order valence-electron chi connectivity index (χ4n) is 3.19. The van der Waals surface area contributed by atoms with Crippen molar-refractivity contribution in [1.82, 2.24) is 14.7 Å². The van der Waals surface area contributed by atoms with Crippen LogP contribution in [-0.4, -0.2) is 51.8 Å². The number of nitrogens with zero attached hydrogens (tertiary/aromatic N) is 2. The van der Waals surface area contributed by atoms with Crippen LogP contribution < -0.4 is 20.1 Å². The lowest BCUT2D eigenvalue weighted by molar-refractivity contribution is 0.146. The third kappa shape index (κ3) is 7.48. The molecule has 0 unspecified atom stereocenters. The summed E-state index contributed by atoms with van der Waals surface area (Å²) in [6.07, 6.45) is 0.857. The van der Waals surface area contributed by atoms with Gasteiger partial charge in [-0.25, -0.2) is 44.5 Å². The van der Waals surface area contributed by atoms with E-state index in [0.29, 0.717) is 24.7 Å². The maximum Gasteiger partial charge on any atom is 0.244 e. The molecule has 0 spiro atoms. The first kappa shape index (κ1) is 29.9. The van der Waals surface area contributed by atoms with Gasteiger partial charge in [-0.15, -0.1) is 0 Å². The van der Waals surface area contributed by atoms with E-state index in [4.69, 9.17) is 9.47 Å². The van der Waals surface area contributed by atoms with Crippen LogP contribution in [0.1, 0.15) is 12.0 Å². The second-order valence-corrected chi connectivity index (χ2v) is 9.46. The van der Waals surface area contributed by atoms with Crippen molar-refractivity contribution >= 4 is 27.5 Å². The number of ether oxygens (including phenoxy) is 2. The molecule has 3 aromatic rings. The number of hydrogen-bond acceptors (Lipinski definition) is 8. The first-order valence-electron chi connectivity index (χ1n) is 11.2. The number of alkyl halides is 1. The molecule has 212 valence electrons. The molecule has 39 heavy (non-hydrogen) atoms. The zero-order valence-electron chi connectivity index (χ0n) is 20.3. The van der Waals surface area contributed by atoms with Gasteiger partial charge < -0.3 is 20.1 Å². The van der Waals surface area contributed by atoms with Crippen molar-refractivity contribution in [2.45, 2.75) is 18.0 Å². The number of anilines is 3. The molecular weight excluding hydrogens is 556 g/mol. The molecule has 0 saturated carbocycles. The molecule has 3 rings (SSSR count). The largest absolute Gasteiger partial charge is 0.491 e. The summed E-state index contributed by atoms with van der Waals surface area (Å²) in [6.45, 7) is -1.59. The highest BCUT2D eigenvalue weighted by molar-refractivity contribution is 7.89. The molecule has 0 bridgehead atoms.